The predicted molar refractivity (Wildman–Crippen MR) is 116 cm³/mol. The second-order valence-corrected chi connectivity index (χ2v) is 10.5. The van der Waals surface area contributed by atoms with Gasteiger partial charge in [0.2, 0.25) is 10.0 Å². The lowest BCUT2D eigenvalue weighted by Crippen LogP contribution is -2.42. The van der Waals surface area contributed by atoms with Crippen molar-refractivity contribution in [2.75, 3.05) is 11.4 Å². The van der Waals surface area contributed by atoms with Gasteiger partial charge in [-0.15, -0.1) is 0 Å². The van der Waals surface area contributed by atoms with Gasteiger partial charge in [0.1, 0.15) is 16.5 Å². The van der Waals surface area contributed by atoms with E-state index in [1.54, 1.807) is 6.07 Å². The first-order valence-corrected chi connectivity index (χ1v) is 11.8. The van der Waals surface area contributed by atoms with Gasteiger partial charge in [-0.1, -0.05) is 13.8 Å². The lowest BCUT2D eigenvalue weighted by molar-refractivity contribution is 0.302. The van der Waals surface area contributed by atoms with Gasteiger partial charge in [0, 0.05) is 49.9 Å². The highest BCUT2D eigenvalue weighted by Gasteiger charge is 2.30. The summed E-state index contributed by atoms with van der Waals surface area (Å²) in [7, 11) is -1.48. The molecule has 1 aliphatic rings. The molecular formula is C21H33N5O2S. The molecule has 0 bridgehead atoms. The molecule has 0 spiro atoms. The number of hydrogen-bond acceptors (Lipinski definition) is 5. The fourth-order valence-electron chi connectivity index (χ4n) is 4.25. The monoisotopic (exact) mass is 419 g/mol. The van der Waals surface area contributed by atoms with Crippen LogP contribution in [0.4, 0.5) is 5.82 Å². The van der Waals surface area contributed by atoms with Gasteiger partial charge in [-0.2, -0.15) is 4.31 Å². The number of pyridine rings is 1. The molecule has 3 heterocycles. The highest BCUT2D eigenvalue weighted by atomic mass is 32.2. The van der Waals surface area contributed by atoms with Crippen molar-refractivity contribution in [3.8, 4) is 0 Å². The Kier molecular flexibility index (Phi) is 6.06. The van der Waals surface area contributed by atoms with E-state index < -0.39 is 10.0 Å². The summed E-state index contributed by atoms with van der Waals surface area (Å²) < 4.78 is 29.8. The highest BCUT2D eigenvalue weighted by Crippen LogP contribution is 2.27. The van der Waals surface area contributed by atoms with E-state index in [-0.39, 0.29) is 17.0 Å². The zero-order chi connectivity index (χ0) is 21.5. The maximum absolute atomic E-state index is 13.0. The molecule has 0 fully saturated rings. The van der Waals surface area contributed by atoms with Gasteiger partial charge in [-0.3, -0.25) is 0 Å². The van der Waals surface area contributed by atoms with Crippen LogP contribution in [0, 0.1) is 0 Å². The normalized spacial score (nSPS) is 15.1. The number of anilines is 1. The number of rotatable bonds is 6. The SMILES string of the molecule is CC(C)c1nc2c(n1C)CCN(c1ccc(S(=O)(=O)N(C(C)C)C(C)C)cn1)C2. The van der Waals surface area contributed by atoms with E-state index in [2.05, 4.69) is 35.3 Å². The molecule has 1 aliphatic heterocycles. The molecule has 0 saturated carbocycles. The molecule has 0 radical (unpaired) electrons. The van der Waals surface area contributed by atoms with E-state index in [1.807, 2.05) is 33.8 Å². The van der Waals surface area contributed by atoms with Crippen LogP contribution in [-0.2, 0) is 30.0 Å². The van der Waals surface area contributed by atoms with Crippen LogP contribution in [0.5, 0.6) is 0 Å². The fraction of sp³-hybridized carbons (Fsp3) is 0.619. The predicted octanol–water partition coefficient (Wildman–Crippen LogP) is 3.31. The summed E-state index contributed by atoms with van der Waals surface area (Å²) in [5, 5.41) is 0. The Morgan fingerprint density at radius 2 is 1.72 bits per heavy atom. The van der Waals surface area contributed by atoms with Gasteiger partial charge in [-0.25, -0.2) is 18.4 Å². The number of sulfonamides is 1. The Bertz CT molecular complexity index is 954. The molecule has 2 aromatic rings. The molecule has 0 unspecified atom stereocenters. The van der Waals surface area contributed by atoms with E-state index in [1.165, 1.54) is 16.2 Å². The van der Waals surface area contributed by atoms with Crippen LogP contribution in [0.2, 0.25) is 0 Å². The van der Waals surface area contributed by atoms with Gasteiger partial charge in [0.05, 0.1) is 12.2 Å². The summed E-state index contributed by atoms with van der Waals surface area (Å²) >= 11 is 0. The summed E-state index contributed by atoms with van der Waals surface area (Å²) in [6, 6.07) is 3.25. The number of fused-ring (bicyclic) bond motifs is 1. The number of imidazole rings is 1. The summed E-state index contributed by atoms with van der Waals surface area (Å²) in [6.45, 7) is 13.4. The van der Waals surface area contributed by atoms with Gasteiger partial charge < -0.3 is 9.47 Å². The van der Waals surface area contributed by atoms with Crippen molar-refractivity contribution in [3.05, 3.63) is 35.5 Å². The lowest BCUT2D eigenvalue weighted by Gasteiger charge is -2.30. The van der Waals surface area contributed by atoms with Gasteiger partial charge in [-0.05, 0) is 39.8 Å². The Morgan fingerprint density at radius 3 is 2.24 bits per heavy atom. The van der Waals surface area contributed by atoms with Crippen molar-refractivity contribution >= 4 is 15.8 Å². The molecule has 0 saturated heterocycles. The summed E-state index contributed by atoms with van der Waals surface area (Å²) in [6.07, 6.45) is 2.39. The van der Waals surface area contributed by atoms with Crippen LogP contribution in [0.3, 0.4) is 0 Å². The number of nitrogens with zero attached hydrogens (tertiary/aromatic N) is 5. The van der Waals surface area contributed by atoms with Crippen molar-refractivity contribution in [2.24, 2.45) is 7.05 Å². The van der Waals surface area contributed by atoms with Crippen molar-refractivity contribution in [3.63, 3.8) is 0 Å². The number of aromatic nitrogens is 3. The molecule has 0 aromatic carbocycles. The summed E-state index contributed by atoms with van der Waals surface area (Å²) in [5.41, 5.74) is 2.38. The average molecular weight is 420 g/mol. The van der Waals surface area contributed by atoms with Crippen LogP contribution in [0.1, 0.15) is 64.7 Å². The molecule has 29 heavy (non-hydrogen) atoms. The zero-order valence-electron chi connectivity index (χ0n) is 18.5. The average Bonchev–Trinajstić information content (AvgIpc) is 2.97. The van der Waals surface area contributed by atoms with Crippen LogP contribution >= 0.6 is 0 Å². The Hall–Kier alpha value is -1.93. The van der Waals surface area contributed by atoms with Gasteiger partial charge >= 0.3 is 0 Å². The minimum Gasteiger partial charge on any atom is -0.350 e. The summed E-state index contributed by atoms with van der Waals surface area (Å²) in [5.74, 6) is 2.27. The molecule has 2 aromatic heterocycles. The van der Waals surface area contributed by atoms with E-state index in [0.717, 1.165) is 30.3 Å². The first-order chi connectivity index (χ1) is 13.5. The van der Waals surface area contributed by atoms with Crippen LogP contribution in [-0.4, -0.2) is 45.9 Å². The second-order valence-electron chi connectivity index (χ2n) is 8.62. The summed E-state index contributed by atoms with van der Waals surface area (Å²) in [4.78, 5) is 11.7. The molecular weight excluding hydrogens is 386 g/mol. The smallest absolute Gasteiger partial charge is 0.245 e. The molecule has 7 nitrogen and oxygen atoms in total. The molecule has 0 atom stereocenters. The van der Waals surface area contributed by atoms with Crippen molar-refractivity contribution in [1.29, 1.82) is 0 Å². The largest absolute Gasteiger partial charge is 0.350 e. The van der Waals surface area contributed by atoms with Crippen LogP contribution in [0.25, 0.3) is 0 Å². The van der Waals surface area contributed by atoms with E-state index in [0.29, 0.717) is 12.5 Å². The molecule has 8 heteroatoms. The molecule has 0 N–H and O–H groups in total. The lowest BCUT2D eigenvalue weighted by atomic mass is 10.1. The number of hydrogen-bond donors (Lipinski definition) is 0. The van der Waals surface area contributed by atoms with Crippen LogP contribution < -0.4 is 4.90 Å². The van der Waals surface area contributed by atoms with E-state index in [9.17, 15) is 8.42 Å². The zero-order valence-corrected chi connectivity index (χ0v) is 19.4. The highest BCUT2D eigenvalue weighted by molar-refractivity contribution is 7.89. The standard InChI is InChI=1S/C21H33N5O2S/c1-14(2)21-23-18-13-25(11-10-19(18)24(21)7)20-9-8-17(12-22-20)29(27,28)26(15(3)4)16(5)6/h8-9,12,14-16H,10-11,13H2,1-7H3. The molecule has 0 amide bonds. The quantitative estimate of drug-likeness (QED) is 0.718. The van der Waals surface area contributed by atoms with E-state index in [4.69, 9.17) is 4.98 Å². The maximum atomic E-state index is 13.0. The Morgan fingerprint density at radius 1 is 1.07 bits per heavy atom. The van der Waals surface area contributed by atoms with Gasteiger partial charge in [0.15, 0.2) is 0 Å². The first kappa shape index (κ1) is 21.8. The van der Waals surface area contributed by atoms with Gasteiger partial charge in [0.25, 0.3) is 0 Å². The second kappa shape index (κ2) is 8.07. The topological polar surface area (TPSA) is 71.3 Å². The third-order valence-corrected chi connectivity index (χ3v) is 7.68. The minimum absolute atomic E-state index is 0.112. The fourth-order valence-corrected chi connectivity index (χ4v) is 6.03. The van der Waals surface area contributed by atoms with Crippen molar-refractivity contribution in [1.82, 2.24) is 18.8 Å². The molecule has 160 valence electrons. The van der Waals surface area contributed by atoms with Crippen molar-refractivity contribution in [2.45, 2.75) is 77.4 Å². The van der Waals surface area contributed by atoms with Crippen LogP contribution in [0.15, 0.2) is 23.2 Å². The first-order valence-electron chi connectivity index (χ1n) is 10.3. The molecule has 0 aliphatic carbocycles. The Labute approximate surface area is 174 Å². The third kappa shape index (κ3) is 4.05. The van der Waals surface area contributed by atoms with Crippen molar-refractivity contribution < 1.29 is 8.42 Å². The van der Waals surface area contributed by atoms with E-state index >= 15 is 0 Å². The molecule has 3 rings (SSSR count). The minimum atomic E-state index is -3.57. The third-order valence-electron chi connectivity index (χ3n) is 5.44. The maximum Gasteiger partial charge on any atom is 0.245 e. The Balaban J connectivity index is 1.84.